The normalized spacial score (nSPS) is 30.8. The summed E-state index contributed by atoms with van der Waals surface area (Å²) in [6.45, 7) is 9.54. The molecule has 1 heterocycles. The van der Waals surface area contributed by atoms with Gasteiger partial charge in [-0.25, -0.2) is 4.79 Å². The van der Waals surface area contributed by atoms with Gasteiger partial charge in [0.15, 0.2) is 0 Å². The van der Waals surface area contributed by atoms with Gasteiger partial charge in [0.05, 0.1) is 12.1 Å². The van der Waals surface area contributed by atoms with Crippen LogP contribution in [0.1, 0.15) is 92.4 Å². The van der Waals surface area contributed by atoms with Crippen molar-refractivity contribution >= 4 is 6.09 Å². The Balaban J connectivity index is 1.83. The summed E-state index contributed by atoms with van der Waals surface area (Å²) in [5.41, 5.74) is -1.32. The van der Waals surface area contributed by atoms with Crippen molar-refractivity contribution in [1.29, 1.82) is 0 Å². The van der Waals surface area contributed by atoms with Gasteiger partial charge in [0.1, 0.15) is 17.4 Å². The van der Waals surface area contributed by atoms with Crippen LogP contribution in [0.3, 0.4) is 0 Å². The van der Waals surface area contributed by atoms with Crippen LogP contribution in [0.2, 0.25) is 0 Å². The van der Waals surface area contributed by atoms with Gasteiger partial charge in [-0.15, -0.1) is 0 Å². The van der Waals surface area contributed by atoms with Crippen molar-refractivity contribution < 1.29 is 19.4 Å². The molecule has 1 aliphatic heterocycles. The van der Waals surface area contributed by atoms with Crippen LogP contribution in [0, 0.1) is 11.8 Å². The third kappa shape index (κ3) is 4.79. The Morgan fingerprint density at radius 2 is 1.78 bits per heavy atom. The van der Waals surface area contributed by atoms with Gasteiger partial charge in [0.25, 0.3) is 0 Å². The van der Waals surface area contributed by atoms with Crippen molar-refractivity contribution in [1.82, 2.24) is 4.90 Å². The molecule has 0 radical (unpaired) electrons. The third-order valence-corrected chi connectivity index (χ3v) is 6.57. The molecule has 5 nitrogen and oxygen atoms in total. The fourth-order valence-electron chi connectivity index (χ4n) is 5.03. The topological polar surface area (TPSA) is 59.0 Å². The van der Waals surface area contributed by atoms with Crippen molar-refractivity contribution in [3.05, 3.63) is 0 Å². The average molecular weight is 382 g/mol. The Hall–Kier alpha value is -0.810. The molecule has 1 N–H and O–H groups in total. The summed E-state index contributed by atoms with van der Waals surface area (Å²) in [4.78, 5) is 14.9. The number of hydrogen-bond donors (Lipinski definition) is 1. The minimum Gasteiger partial charge on any atom is -0.444 e. The molecule has 0 spiro atoms. The summed E-state index contributed by atoms with van der Waals surface area (Å²) in [5.74, 6) is 0.903. The maximum atomic E-state index is 13.1. The fourth-order valence-corrected chi connectivity index (χ4v) is 5.03. The number of hydrogen-bond acceptors (Lipinski definition) is 4. The Kier molecular flexibility index (Phi) is 6.12. The molecule has 156 valence electrons. The molecule has 1 amide bonds. The van der Waals surface area contributed by atoms with Gasteiger partial charge in [-0.2, -0.15) is 0 Å². The molecule has 1 saturated heterocycles. The van der Waals surface area contributed by atoms with E-state index in [0.29, 0.717) is 11.8 Å². The number of nitrogens with zero attached hydrogens (tertiary/aromatic N) is 1. The van der Waals surface area contributed by atoms with Crippen molar-refractivity contribution in [2.24, 2.45) is 11.8 Å². The number of carbonyl (C=O) groups excluding carboxylic acids is 1. The molecule has 0 bridgehead atoms. The first-order valence-corrected chi connectivity index (χ1v) is 11.0. The first kappa shape index (κ1) is 20.9. The van der Waals surface area contributed by atoms with Gasteiger partial charge in [0, 0.05) is 0 Å². The molecule has 0 aromatic carbocycles. The van der Waals surface area contributed by atoms with E-state index < -0.39 is 17.4 Å². The highest BCUT2D eigenvalue weighted by atomic mass is 16.6. The highest BCUT2D eigenvalue weighted by molar-refractivity contribution is 5.70. The first-order valence-electron chi connectivity index (χ1n) is 11.0. The Labute approximate surface area is 164 Å². The number of carbonyl (C=O) groups is 1. The van der Waals surface area contributed by atoms with Crippen LogP contribution >= 0.6 is 0 Å². The zero-order valence-electron chi connectivity index (χ0n) is 17.9. The van der Waals surface area contributed by atoms with Crippen molar-refractivity contribution in [2.45, 2.75) is 122 Å². The monoisotopic (exact) mass is 381 g/mol. The Morgan fingerprint density at radius 1 is 1.15 bits per heavy atom. The van der Waals surface area contributed by atoms with E-state index in [1.165, 1.54) is 38.5 Å². The largest absolute Gasteiger partial charge is 0.444 e. The van der Waals surface area contributed by atoms with Gasteiger partial charge in [0.2, 0.25) is 0 Å². The van der Waals surface area contributed by atoms with Crippen LogP contribution in [-0.4, -0.2) is 45.7 Å². The van der Waals surface area contributed by atoms with E-state index in [0.717, 1.165) is 19.3 Å². The standard InChI is InChI=1S/C22H39NO4/c1-21(2,3)27-20(25)23-17(14-15-10-7-6-8-11-15)19(26-22(23,4)5)18(24)16-12-9-13-16/h15-19,24H,6-14H2,1-5H3/t17-,18-,19+/m0/s1. The number of aliphatic hydroxyl groups excluding tert-OH is 1. The molecule has 27 heavy (non-hydrogen) atoms. The lowest BCUT2D eigenvalue weighted by Crippen LogP contribution is -2.52. The van der Waals surface area contributed by atoms with Crippen LogP contribution in [0.25, 0.3) is 0 Å². The van der Waals surface area contributed by atoms with Gasteiger partial charge in [-0.3, -0.25) is 4.90 Å². The summed E-state index contributed by atoms with van der Waals surface area (Å²) in [6.07, 6.45) is 9.33. The van der Waals surface area contributed by atoms with Crippen LogP contribution in [-0.2, 0) is 9.47 Å². The zero-order valence-corrected chi connectivity index (χ0v) is 17.9. The van der Waals surface area contributed by atoms with E-state index in [-0.39, 0.29) is 18.2 Å². The van der Waals surface area contributed by atoms with E-state index in [4.69, 9.17) is 9.47 Å². The highest BCUT2D eigenvalue weighted by Crippen LogP contribution is 2.43. The zero-order chi connectivity index (χ0) is 19.8. The summed E-state index contributed by atoms with van der Waals surface area (Å²) in [7, 11) is 0. The van der Waals surface area contributed by atoms with Crippen LogP contribution in [0.5, 0.6) is 0 Å². The number of ether oxygens (including phenoxy) is 2. The maximum absolute atomic E-state index is 13.1. The molecule has 0 aromatic rings. The number of aliphatic hydroxyl groups is 1. The van der Waals surface area contributed by atoms with Crippen molar-refractivity contribution in [3.8, 4) is 0 Å². The lowest BCUT2D eigenvalue weighted by molar-refractivity contribution is -0.120. The SMILES string of the molecule is CC(C)(C)OC(=O)N1[C@@H](CC2CCCCC2)[C@H]([C@@H](O)C2CCC2)OC1(C)C. The predicted molar refractivity (Wildman–Crippen MR) is 105 cm³/mol. The molecular weight excluding hydrogens is 342 g/mol. The Morgan fingerprint density at radius 3 is 2.30 bits per heavy atom. The quantitative estimate of drug-likeness (QED) is 0.755. The molecule has 3 fully saturated rings. The van der Waals surface area contributed by atoms with Crippen LogP contribution in [0.15, 0.2) is 0 Å². The maximum Gasteiger partial charge on any atom is 0.412 e. The van der Waals surface area contributed by atoms with Crippen molar-refractivity contribution in [2.75, 3.05) is 0 Å². The summed E-state index contributed by atoms with van der Waals surface area (Å²) in [6, 6.07) is -0.117. The third-order valence-electron chi connectivity index (χ3n) is 6.57. The molecular formula is C22H39NO4. The smallest absolute Gasteiger partial charge is 0.412 e. The molecule has 2 saturated carbocycles. The second kappa shape index (κ2) is 7.90. The summed E-state index contributed by atoms with van der Waals surface area (Å²) < 4.78 is 12.1. The molecule has 3 rings (SSSR count). The van der Waals surface area contributed by atoms with Crippen LogP contribution < -0.4 is 0 Å². The lowest BCUT2D eigenvalue weighted by Gasteiger charge is -2.38. The number of amides is 1. The fraction of sp³-hybridized carbons (Fsp3) is 0.955. The minimum absolute atomic E-state index is 0.117. The molecule has 3 atom stereocenters. The summed E-state index contributed by atoms with van der Waals surface area (Å²) in [5, 5.41) is 11.0. The second-order valence-corrected chi connectivity index (χ2v) is 10.4. The molecule has 3 aliphatic rings. The first-order chi connectivity index (χ1) is 12.6. The molecule has 2 aliphatic carbocycles. The van der Waals surface area contributed by atoms with E-state index in [1.54, 1.807) is 4.90 Å². The predicted octanol–water partition coefficient (Wildman–Crippen LogP) is 4.86. The van der Waals surface area contributed by atoms with Gasteiger partial charge in [-0.05, 0) is 65.7 Å². The lowest BCUT2D eigenvalue weighted by atomic mass is 9.76. The van der Waals surface area contributed by atoms with E-state index in [9.17, 15) is 9.90 Å². The van der Waals surface area contributed by atoms with Gasteiger partial charge < -0.3 is 14.6 Å². The minimum atomic E-state index is -0.767. The average Bonchev–Trinajstić information content (AvgIpc) is 2.75. The highest BCUT2D eigenvalue weighted by Gasteiger charge is 2.55. The summed E-state index contributed by atoms with van der Waals surface area (Å²) >= 11 is 0. The van der Waals surface area contributed by atoms with E-state index >= 15 is 0 Å². The van der Waals surface area contributed by atoms with Gasteiger partial charge in [-0.1, -0.05) is 38.5 Å². The number of rotatable bonds is 4. The van der Waals surface area contributed by atoms with E-state index in [1.807, 2.05) is 34.6 Å². The van der Waals surface area contributed by atoms with Crippen LogP contribution in [0.4, 0.5) is 4.79 Å². The molecule has 5 heteroatoms. The Bertz CT molecular complexity index is 517. The van der Waals surface area contributed by atoms with Crippen molar-refractivity contribution in [3.63, 3.8) is 0 Å². The van der Waals surface area contributed by atoms with E-state index in [2.05, 4.69) is 0 Å². The second-order valence-electron chi connectivity index (χ2n) is 10.4. The molecule has 0 aromatic heterocycles. The van der Waals surface area contributed by atoms with Gasteiger partial charge >= 0.3 is 6.09 Å². The molecule has 0 unspecified atom stereocenters.